The second kappa shape index (κ2) is 4.41. The summed E-state index contributed by atoms with van der Waals surface area (Å²) < 4.78 is 0. The quantitative estimate of drug-likeness (QED) is 0.711. The van der Waals surface area contributed by atoms with Crippen LogP contribution >= 0.6 is 0 Å². The van der Waals surface area contributed by atoms with Crippen LogP contribution in [0.25, 0.3) is 0 Å². The fourth-order valence-corrected chi connectivity index (χ4v) is 1.03. The van der Waals surface area contributed by atoms with Gasteiger partial charge in [0, 0.05) is 12.6 Å². The number of aryl methyl sites for hydroxylation is 1. The molecule has 0 unspecified atom stereocenters. The maximum atomic E-state index is 11.1. The standard InChI is InChI=1S/C10H12N2O2/c1-7-5-3-4-6-9(7)12-10(14)11-8(2)13/h3-6H,1-2H3,(H2,11,12,13,14). The smallest absolute Gasteiger partial charge is 0.307 e. The predicted octanol–water partition coefficient (Wildman–Crippen LogP) is 1.66. The van der Waals surface area contributed by atoms with Crippen molar-refractivity contribution >= 4 is 17.6 Å². The summed E-state index contributed by atoms with van der Waals surface area (Å²) in [6, 6.07) is 6.84. The number of imide groups is 1. The minimum absolute atomic E-state index is 0.379. The molecule has 0 heterocycles. The Morgan fingerprint density at radius 1 is 1.21 bits per heavy atom. The summed E-state index contributed by atoms with van der Waals surface area (Å²) in [5.41, 5.74) is 1.65. The molecule has 0 aliphatic carbocycles. The van der Waals surface area contributed by atoms with Crippen LogP contribution in [0.2, 0.25) is 0 Å². The monoisotopic (exact) mass is 192 g/mol. The fourth-order valence-electron chi connectivity index (χ4n) is 1.03. The highest BCUT2D eigenvalue weighted by Gasteiger charge is 2.04. The van der Waals surface area contributed by atoms with E-state index in [0.717, 1.165) is 5.56 Å². The van der Waals surface area contributed by atoms with Gasteiger partial charge < -0.3 is 5.32 Å². The zero-order chi connectivity index (χ0) is 10.6. The summed E-state index contributed by atoms with van der Waals surface area (Å²) in [5, 5.41) is 4.70. The number of anilines is 1. The molecule has 0 bridgehead atoms. The molecule has 0 saturated carbocycles. The SMILES string of the molecule is CC(=O)NC(=O)Nc1ccccc1C. The van der Waals surface area contributed by atoms with Crippen molar-refractivity contribution in [1.82, 2.24) is 5.32 Å². The van der Waals surface area contributed by atoms with Crippen LogP contribution in [0.4, 0.5) is 10.5 Å². The van der Waals surface area contributed by atoms with E-state index in [-0.39, 0.29) is 5.91 Å². The van der Waals surface area contributed by atoms with Crippen LogP contribution in [0.1, 0.15) is 12.5 Å². The van der Waals surface area contributed by atoms with E-state index in [0.29, 0.717) is 5.69 Å². The topological polar surface area (TPSA) is 58.2 Å². The molecule has 4 nitrogen and oxygen atoms in total. The molecule has 0 aliphatic heterocycles. The van der Waals surface area contributed by atoms with Gasteiger partial charge >= 0.3 is 6.03 Å². The number of carbonyl (C=O) groups is 2. The number of hydrogen-bond donors (Lipinski definition) is 2. The lowest BCUT2D eigenvalue weighted by Gasteiger charge is -2.07. The van der Waals surface area contributed by atoms with E-state index in [1.54, 1.807) is 6.07 Å². The van der Waals surface area contributed by atoms with Gasteiger partial charge in [0.05, 0.1) is 0 Å². The van der Waals surface area contributed by atoms with Gasteiger partial charge in [-0.3, -0.25) is 10.1 Å². The van der Waals surface area contributed by atoms with Crippen molar-refractivity contribution in [3.05, 3.63) is 29.8 Å². The first-order valence-electron chi connectivity index (χ1n) is 4.24. The van der Waals surface area contributed by atoms with Crippen LogP contribution in [0, 0.1) is 6.92 Å². The Labute approximate surface area is 82.3 Å². The van der Waals surface area contributed by atoms with E-state index in [4.69, 9.17) is 0 Å². The summed E-state index contributed by atoms with van der Waals surface area (Å²) in [7, 11) is 0. The molecule has 0 spiro atoms. The average molecular weight is 192 g/mol. The summed E-state index contributed by atoms with van der Waals surface area (Å²) in [6.07, 6.45) is 0. The lowest BCUT2D eigenvalue weighted by Crippen LogP contribution is -2.32. The number of rotatable bonds is 1. The Hall–Kier alpha value is -1.84. The first-order chi connectivity index (χ1) is 6.59. The highest BCUT2D eigenvalue weighted by molar-refractivity contribution is 6.00. The molecule has 0 atom stereocenters. The molecule has 0 saturated heterocycles. The van der Waals surface area contributed by atoms with Crippen molar-refractivity contribution in [3.63, 3.8) is 0 Å². The molecule has 0 radical (unpaired) electrons. The number of benzene rings is 1. The highest BCUT2D eigenvalue weighted by Crippen LogP contribution is 2.12. The van der Waals surface area contributed by atoms with E-state index in [1.807, 2.05) is 25.1 Å². The van der Waals surface area contributed by atoms with Crippen molar-refractivity contribution < 1.29 is 9.59 Å². The minimum Gasteiger partial charge on any atom is -0.307 e. The molecule has 3 amide bonds. The molecule has 2 N–H and O–H groups in total. The zero-order valence-corrected chi connectivity index (χ0v) is 8.13. The van der Waals surface area contributed by atoms with Crippen molar-refractivity contribution in [1.29, 1.82) is 0 Å². The molecule has 74 valence electrons. The maximum Gasteiger partial charge on any atom is 0.325 e. The fraction of sp³-hybridized carbons (Fsp3) is 0.200. The molecular formula is C10H12N2O2. The van der Waals surface area contributed by atoms with Gasteiger partial charge in [-0.1, -0.05) is 18.2 Å². The van der Waals surface area contributed by atoms with Gasteiger partial charge in [0.2, 0.25) is 5.91 Å². The molecule has 0 aliphatic rings. The number of nitrogens with one attached hydrogen (secondary N) is 2. The lowest BCUT2D eigenvalue weighted by molar-refractivity contribution is -0.117. The maximum absolute atomic E-state index is 11.1. The van der Waals surface area contributed by atoms with Crippen molar-refractivity contribution in [3.8, 4) is 0 Å². The lowest BCUT2D eigenvalue weighted by atomic mass is 10.2. The third-order valence-electron chi connectivity index (χ3n) is 1.68. The molecular weight excluding hydrogens is 180 g/mol. The molecule has 14 heavy (non-hydrogen) atoms. The van der Waals surface area contributed by atoms with Crippen LogP contribution in [0.3, 0.4) is 0 Å². The minimum atomic E-state index is -0.508. The van der Waals surface area contributed by atoms with Crippen LogP contribution in [-0.4, -0.2) is 11.9 Å². The summed E-state index contributed by atoms with van der Waals surface area (Å²) in [6.45, 7) is 3.17. The summed E-state index contributed by atoms with van der Waals surface area (Å²) in [5.74, 6) is -0.379. The first-order valence-corrected chi connectivity index (χ1v) is 4.24. The van der Waals surface area contributed by atoms with Gasteiger partial charge in [-0.25, -0.2) is 4.79 Å². The Morgan fingerprint density at radius 2 is 1.86 bits per heavy atom. The van der Waals surface area contributed by atoms with Gasteiger partial charge in [-0.2, -0.15) is 0 Å². The Kier molecular flexibility index (Phi) is 3.23. The number of amides is 3. The second-order valence-corrected chi connectivity index (χ2v) is 2.95. The number of urea groups is 1. The average Bonchev–Trinajstić information content (AvgIpc) is 2.07. The van der Waals surface area contributed by atoms with Crippen molar-refractivity contribution in [2.75, 3.05) is 5.32 Å². The molecule has 1 rings (SSSR count). The van der Waals surface area contributed by atoms with E-state index in [9.17, 15) is 9.59 Å². The summed E-state index contributed by atoms with van der Waals surface area (Å²) >= 11 is 0. The third-order valence-corrected chi connectivity index (χ3v) is 1.68. The molecule has 4 heteroatoms. The molecule has 0 fully saturated rings. The largest absolute Gasteiger partial charge is 0.325 e. The number of carbonyl (C=O) groups excluding carboxylic acids is 2. The van der Waals surface area contributed by atoms with E-state index in [2.05, 4.69) is 10.6 Å². The van der Waals surface area contributed by atoms with Gasteiger partial charge in [0.15, 0.2) is 0 Å². The van der Waals surface area contributed by atoms with Gasteiger partial charge in [0.1, 0.15) is 0 Å². The van der Waals surface area contributed by atoms with E-state index >= 15 is 0 Å². The highest BCUT2D eigenvalue weighted by atomic mass is 16.2. The van der Waals surface area contributed by atoms with Crippen molar-refractivity contribution in [2.45, 2.75) is 13.8 Å². The number of hydrogen-bond acceptors (Lipinski definition) is 2. The molecule has 0 aromatic heterocycles. The van der Waals surface area contributed by atoms with Crippen LogP contribution in [-0.2, 0) is 4.79 Å². The third kappa shape index (κ3) is 2.90. The van der Waals surface area contributed by atoms with E-state index < -0.39 is 6.03 Å². The Balaban J connectivity index is 2.65. The van der Waals surface area contributed by atoms with Crippen molar-refractivity contribution in [2.24, 2.45) is 0 Å². The second-order valence-electron chi connectivity index (χ2n) is 2.95. The van der Waals surface area contributed by atoms with Gasteiger partial charge in [-0.05, 0) is 18.6 Å². The zero-order valence-electron chi connectivity index (χ0n) is 8.13. The first kappa shape index (κ1) is 10.2. The number of para-hydroxylation sites is 1. The normalized spacial score (nSPS) is 9.29. The summed E-state index contributed by atoms with van der Waals surface area (Å²) in [4.78, 5) is 21.7. The van der Waals surface area contributed by atoms with Crippen LogP contribution in [0.15, 0.2) is 24.3 Å². The van der Waals surface area contributed by atoms with Gasteiger partial charge in [0.25, 0.3) is 0 Å². The van der Waals surface area contributed by atoms with E-state index in [1.165, 1.54) is 6.92 Å². The van der Waals surface area contributed by atoms with Crippen LogP contribution in [0.5, 0.6) is 0 Å². The predicted molar refractivity (Wildman–Crippen MR) is 54.0 cm³/mol. The Bertz CT molecular complexity index is 361. The van der Waals surface area contributed by atoms with Gasteiger partial charge in [-0.15, -0.1) is 0 Å². The molecule has 1 aromatic carbocycles. The van der Waals surface area contributed by atoms with Crippen LogP contribution < -0.4 is 10.6 Å². The Morgan fingerprint density at radius 3 is 2.43 bits per heavy atom. The molecule has 1 aromatic rings.